The Morgan fingerprint density at radius 3 is 1.19 bits per heavy atom. The van der Waals surface area contributed by atoms with Crippen LogP contribution in [-0.2, 0) is 0 Å². The van der Waals surface area contributed by atoms with Crippen molar-refractivity contribution < 1.29 is 30.4 Å². The van der Waals surface area contributed by atoms with Crippen LogP contribution in [0.1, 0.15) is 82.7 Å². The Kier molecular flexibility index (Phi) is 16.4. The number of carboxylic acids is 2. The summed E-state index contributed by atoms with van der Waals surface area (Å²) in [6.07, 6.45) is 0. The summed E-state index contributed by atoms with van der Waals surface area (Å²) in [6.45, 7) is 11.0. The first-order valence-electron chi connectivity index (χ1n) is 22.5. The molecule has 342 valence electrons. The van der Waals surface area contributed by atoms with Gasteiger partial charge in [-0.3, -0.25) is 0 Å². The molecule has 0 aromatic heterocycles. The molecule has 4 atom stereocenters. The fraction of sp³-hybridized carbons (Fsp3) is 0.179. The summed E-state index contributed by atoms with van der Waals surface area (Å²) in [4.78, 5) is 30.4. The molecule has 0 saturated heterocycles. The van der Waals surface area contributed by atoms with Gasteiger partial charge in [0.25, 0.3) is 0 Å². The van der Waals surface area contributed by atoms with E-state index in [0.717, 1.165) is 36.6 Å². The number of anilines is 4. The van der Waals surface area contributed by atoms with Crippen LogP contribution in [0.3, 0.4) is 0 Å². The molecular formula is C56H52N6O4S2. The van der Waals surface area contributed by atoms with Gasteiger partial charge in [0.1, 0.15) is 12.1 Å². The molecule has 0 bridgehead atoms. The molecule has 2 unspecified atom stereocenters. The molecule has 0 spiro atoms. The van der Waals surface area contributed by atoms with Gasteiger partial charge in [0.15, 0.2) is 0 Å². The van der Waals surface area contributed by atoms with Crippen LogP contribution in [0.15, 0.2) is 189 Å². The monoisotopic (exact) mass is 936 g/mol. The Bertz CT molecular complexity index is 2760. The molecule has 68 heavy (non-hydrogen) atoms. The average Bonchev–Trinajstić information content (AvgIpc) is 3.38. The predicted octanol–water partition coefficient (Wildman–Crippen LogP) is 8.16. The molecule has 0 radical (unpaired) electrons. The molecule has 0 saturated carbocycles. The first-order valence-corrected chi connectivity index (χ1v) is 24.1. The highest BCUT2D eigenvalue weighted by Crippen LogP contribution is 2.50. The highest BCUT2D eigenvalue weighted by molar-refractivity contribution is 8.00. The summed E-state index contributed by atoms with van der Waals surface area (Å²) in [5, 5.41) is 44.2. The van der Waals surface area contributed by atoms with E-state index in [1.54, 1.807) is 23.5 Å². The zero-order valence-electron chi connectivity index (χ0n) is 38.3. The molecule has 7 aromatic carbocycles. The number of para-hydroxylation sites is 2. The number of rotatable bonds is 12. The summed E-state index contributed by atoms with van der Waals surface area (Å²) in [7, 11) is 0. The van der Waals surface area contributed by atoms with Crippen LogP contribution in [0.25, 0.3) is 0 Å². The third-order valence-electron chi connectivity index (χ3n) is 11.9. The molecular weight excluding hydrogens is 885 g/mol. The van der Waals surface area contributed by atoms with E-state index in [-0.39, 0.29) is 11.1 Å². The van der Waals surface area contributed by atoms with Crippen molar-refractivity contribution in [3.63, 3.8) is 0 Å². The third kappa shape index (κ3) is 11.6. The minimum absolute atomic E-state index is 0.293. The molecule has 12 heteroatoms. The molecule has 2 heterocycles. The predicted molar refractivity (Wildman–Crippen MR) is 265 cm³/mol. The van der Waals surface area contributed by atoms with Gasteiger partial charge in [0.05, 0.1) is 83.1 Å². The average molecular weight is 937 g/mol. The Balaban J connectivity index is 0.000000163. The summed E-state index contributed by atoms with van der Waals surface area (Å²) in [5.41, 5.74) is 8.09. The van der Waals surface area contributed by atoms with Crippen molar-refractivity contribution in [2.75, 3.05) is 22.9 Å². The van der Waals surface area contributed by atoms with Crippen LogP contribution in [0, 0.1) is 22.7 Å². The summed E-state index contributed by atoms with van der Waals surface area (Å²) >= 11 is 3.57. The van der Waals surface area contributed by atoms with E-state index in [2.05, 4.69) is 182 Å². The molecule has 10 nitrogen and oxygen atoms in total. The molecule has 0 aliphatic carbocycles. The van der Waals surface area contributed by atoms with Gasteiger partial charge in [-0.25, -0.2) is 0 Å². The van der Waals surface area contributed by atoms with E-state index in [1.807, 2.05) is 24.3 Å². The fourth-order valence-electron chi connectivity index (χ4n) is 8.29. The van der Waals surface area contributed by atoms with Crippen molar-refractivity contribution in [2.24, 2.45) is 0 Å². The lowest BCUT2D eigenvalue weighted by molar-refractivity contribution is -0.693. The summed E-state index contributed by atoms with van der Waals surface area (Å²) in [6, 6.07) is 61.5. The topological polar surface area (TPSA) is 168 Å². The van der Waals surface area contributed by atoms with Crippen LogP contribution in [0.2, 0.25) is 0 Å². The Labute approximate surface area is 406 Å². The maximum Gasteiger partial charge on any atom is 0.109 e. The lowest BCUT2D eigenvalue weighted by Gasteiger charge is -2.37. The second-order valence-corrected chi connectivity index (χ2v) is 18.8. The summed E-state index contributed by atoms with van der Waals surface area (Å²) in [5.74, 6) is -3.04. The normalized spacial score (nSPS) is 13.6. The highest BCUT2D eigenvalue weighted by atomic mass is 32.2. The highest BCUT2D eigenvalue weighted by Gasteiger charge is 2.30. The number of carboxylic acid groups (broad SMARTS) is 2. The maximum atomic E-state index is 10.3. The van der Waals surface area contributed by atoms with Gasteiger partial charge in [0, 0.05) is 41.8 Å². The van der Waals surface area contributed by atoms with Crippen LogP contribution in [0.4, 0.5) is 22.7 Å². The van der Waals surface area contributed by atoms with Crippen LogP contribution < -0.4 is 30.6 Å². The number of carbonyl (C=O) groups is 2. The lowest BCUT2D eigenvalue weighted by Crippen LogP contribution is -2.87. The standard InChI is InChI=1S/2C24H23N3S.C8H6O4/c2*1-17(16-26-18(2)20-8-4-3-5-9-20)27-21-10-6-7-11-23(21)28-24-13-12-19(15-25)14-22(24)27;9-7(10)5-3-1-2-4-6(5)8(11)12/h2*3-14,17-18,26H,16H2,1-2H3;1-4H,(H,9,10)(H,11,12)/t2*17?,18-;/m00./s1. The van der Waals surface area contributed by atoms with E-state index < -0.39 is 11.9 Å². The number of hydrogen-bond donors (Lipinski definition) is 2. The number of nitrogens with zero attached hydrogens (tertiary/aromatic N) is 4. The molecule has 0 amide bonds. The van der Waals surface area contributed by atoms with E-state index in [4.69, 9.17) is 0 Å². The van der Waals surface area contributed by atoms with Gasteiger partial charge >= 0.3 is 0 Å². The fourth-order valence-corrected chi connectivity index (χ4v) is 10.4. The van der Waals surface area contributed by atoms with Crippen molar-refractivity contribution in [3.05, 3.63) is 203 Å². The number of quaternary nitrogens is 2. The Hall–Kier alpha value is -7.32. The number of fused-ring (bicyclic) bond motifs is 4. The Morgan fingerprint density at radius 1 is 0.485 bits per heavy atom. The zero-order valence-corrected chi connectivity index (χ0v) is 39.9. The van der Waals surface area contributed by atoms with E-state index in [9.17, 15) is 30.3 Å². The van der Waals surface area contributed by atoms with Gasteiger partial charge < -0.3 is 40.2 Å². The smallest absolute Gasteiger partial charge is 0.109 e. The first kappa shape index (κ1) is 48.6. The van der Waals surface area contributed by atoms with Gasteiger partial charge in [0.2, 0.25) is 0 Å². The molecule has 7 aromatic rings. The van der Waals surface area contributed by atoms with Gasteiger partial charge in [-0.2, -0.15) is 10.5 Å². The van der Waals surface area contributed by atoms with Gasteiger partial charge in [-0.1, -0.05) is 133 Å². The number of aromatic carboxylic acids is 2. The minimum Gasteiger partial charge on any atom is -0.545 e. The van der Waals surface area contributed by atoms with Crippen LogP contribution in [-0.4, -0.2) is 37.1 Å². The Morgan fingerprint density at radius 2 is 0.824 bits per heavy atom. The maximum absolute atomic E-state index is 10.3. The third-order valence-corrected chi connectivity index (χ3v) is 14.2. The number of carbonyl (C=O) groups excluding carboxylic acids is 2. The summed E-state index contributed by atoms with van der Waals surface area (Å²) < 4.78 is 0. The number of nitriles is 2. The number of nitrogens with two attached hydrogens (primary N) is 2. The first-order chi connectivity index (χ1) is 33.0. The quantitative estimate of drug-likeness (QED) is 0.122. The van der Waals surface area contributed by atoms with Gasteiger partial charge in [-0.05, 0) is 88.4 Å². The van der Waals surface area contributed by atoms with Crippen LogP contribution in [0.5, 0.6) is 0 Å². The molecule has 9 rings (SSSR count). The molecule has 2 aliphatic rings. The second kappa shape index (κ2) is 22.9. The van der Waals surface area contributed by atoms with E-state index in [0.29, 0.717) is 35.3 Å². The SMILES string of the molecule is CC(C[NH2+][C@@H](C)c1ccccc1)N1c2ccccc2Sc2ccc(C#N)cc21.CC(C[NH2+][C@@H](C)c1ccccc1)N1c2ccccc2Sc2ccc(C#N)cc21.O=C([O-])c1ccccc1C(=O)[O-]. The largest absolute Gasteiger partial charge is 0.545 e. The molecule has 0 fully saturated rings. The van der Waals surface area contributed by atoms with Crippen molar-refractivity contribution in [1.29, 1.82) is 10.5 Å². The van der Waals surface area contributed by atoms with Gasteiger partial charge in [-0.15, -0.1) is 0 Å². The van der Waals surface area contributed by atoms with Crippen molar-refractivity contribution >= 4 is 58.2 Å². The lowest BCUT2D eigenvalue weighted by atomic mass is 10.1. The zero-order chi connectivity index (χ0) is 48.2. The van der Waals surface area contributed by atoms with Crippen molar-refractivity contribution in [3.8, 4) is 12.1 Å². The van der Waals surface area contributed by atoms with Crippen molar-refractivity contribution in [1.82, 2.24) is 0 Å². The molecule has 2 aliphatic heterocycles. The second-order valence-electron chi connectivity index (χ2n) is 16.6. The number of benzene rings is 7. The molecule has 4 N–H and O–H groups in total. The van der Waals surface area contributed by atoms with Crippen molar-refractivity contribution in [2.45, 2.75) is 71.4 Å². The van der Waals surface area contributed by atoms with Crippen LogP contribution >= 0.6 is 23.5 Å². The number of hydrogen-bond acceptors (Lipinski definition) is 10. The van der Waals surface area contributed by atoms with E-state index >= 15 is 0 Å². The minimum atomic E-state index is -1.52. The van der Waals surface area contributed by atoms with E-state index in [1.165, 1.54) is 54.2 Å².